The number of aliphatic hydroxyl groups excluding tert-OH is 1. The van der Waals surface area contributed by atoms with E-state index in [1.54, 1.807) is 0 Å². The highest BCUT2D eigenvalue weighted by atomic mass is 16.3. The number of hydrogen-bond acceptors (Lipinski definition) is 3. The lowest BCUT2D eigenvalue weighted by Crippen LogP contribution is -2.45. The topological polar surface area (TPSA) is 52.6 Å². The fraction of sp³-hybridized carbons (Fsp3) is 0.923. The van der Waals surface area contributed by atoms with Crippen LogP contribution in [0.2, 0.25) is 0 Å². The number of carbonyl (C=O) groups is 1. The molecule has 3 fully saturated rings. The number of nitrogens with zero attached hydrogens (tertiary/aromatic N) is 1. The number of hydrogen-bond donors (Lipinski definition) is 2. The summed E-state index contributed by atoms with van der Waals surface area (Å²) >= 11 is 0. The van der Waals surface area contributed by atoms with Gasteiger partial charge in [0.05, 0.1) is 12.1 Å². The van der Waals surface area contributed by atoms with Gasteiger partial charge in [0.25, 0.3) is 0 Å². The number of amides is 1. The van der Waals surface area contributed by atoms with Gasteiger partial charge in [0, 0.05) is 19.6 Å². The van der Waals surface area contributed by atoms with Crippen LogP contribution in [0.3, 0.4) is 0 Å². The van der Waals surface area contributed by atoms with E-state index in [1.807, 2.05) is 0 Å². The predicted octanol–water partition coefficient (Wildman–Crippen LogP) is 0.358. The van der Waals surface area contributed by atoms with E-state index in [2.05, 4.69) is 10.2 Å². The Balaban J connectivity index is 1.57. The maximum Gasteiger partial charge on any atom is 0.239 e. The number of aliphatic hydroxyl groups is 1. The van der Waals surface area contributed by atoms with Crippen LogP contribution in [0.4, 0.5) is 0 Å². The van der Waals surface area contributed by atoms with Crippen LogP contribution in [0, 0.1) is 11.8 Å². The third-order valence-electron chi connectivity index (χ3n) is 4.07. The molecule has 2 atom stereocenters. The Bertz CT molecular complexity index is 286. The Morgan fingerprint density at radius 3 is 2.18 bits per heavy atom. The van der Waals surface area contributed by atoms with Crippen molar-refractivity contribution in [1.82, 2.24) is 10.2 Å². The summed E-state index contributed by atoms with van der Waals surface area (Å²) in [5.74, 6) is 1.73. The minimum absolute atomic E-state index is 0.137. The van der Waals surface area contributed by atoms with Crippen LogP contribution in [-0.2, 0) is 4.79 Å². The van der Waals surface area contributed by atoms with Crippen molar-refractivity contribution in [2.75, 3.05) is 19.6 Å². The second kappa shape index (κ2) is 4.58. The van der Waals surface area contributed by atoms with Gasteiger partial charge in [-0.05, 0) is 43.9 Å². The molecular weight excluding hydrogens is 216 g/mol. The predicted molar refractivity (Wildman–Crippen MR) is 64.4 cm³/mol. The number of carbonyl (C=O) groups excluding carboxylic acids is 1. The van der Waals surface area contributed by atoms with Gasteiger partial charge in [-0.2, -0.15) is 0 Å². The molecule has 1 heterocycles. The highest BCUT2D eigenvalue weighted by molar-refractivity contribution is 5.82. The zero-order valence-electron chi connectivity index (χ0n) is 10.3. The SMILES string of the molecule is O=C(C1CC(O)CN1)N(CC1CC1)CC1CC1. The van der Waals surface area contributed by atoms with Crippen molar-refractivity contribution < 1.29 is 9.90 Å². The summed E-state index contributed by atoms with van der Waals surface area (Å²) in [5.41, 5.74) is 0. The zero-order chi connectivity index (χ0) is 11.8. The molecule has 1 saturated heterocycles. The fourth-order valence-electron chi connectivity index (χ4n) is 2.60. The van der Waals surface area contributed by atoms with Crippen LogP contribution in [-0.4, -0.2) is 47.7 Å². The normalized spacial score (nSPS) is 32.8. The van der Waals surface area contributed by atoms with Crippen molar-refractivity contribution in [3.05, 3.63) is 0 Å². The largest absolute Gasteiger partial charge is 0.392 e. The van der Waals surface area contributed by atoms with Crippen LogP contribution < -0.4 is 5.32 Å². The molecular formula is C13H22N2O2. The van der Waals surface area contributed by atoms with E-state index in [0.717, 1.165) is 24.9 Å². The average Bonchev–Trinajstić information content (AvgIpc) is 3.21. The first kappa shape index (κ1) is 11.5. The van der Waals surface area contributed by atoms with Crippen LogP contribution in [0.25, 0.3) is 0 Å². The Kier molecular flexibility index (Phi) is 3.09. The third kappa shape index (κ3) is 2.99. The van der Waals surface area contributed by atoms with Crippen molar-refractivity contribution in [2.45, 2.75) is 44.2 Å². The Morgan fingerprint density at radius 2 is 1.76 bits per heavy atom. The summed E-state index contributed by atoms with van der Waals surface area (Å²) in [6, 6.07) is -0.137. The van der Waals surface area contributed by atoms with Crippen molar-refractivity contribution in [3.8, 4) is 0 Å². The lowest BCUT2D eigenvalue weighted by molar-refractivity contribution is -0.133. The molecule has 2 saturated carbocycles. The molecule has 0 aromatic rings. The van der Waals surface area contributed by atoms with E-state index in [9.17, 15) is 9.90 Å². The van der Waals surface area contributed by atoms with Crippen molar-refractivity contribution in [2.24, 2.45) is 11.8 Å². The molecule has 0 bridgehead atoms. The second-order valence-corrected chi connectivity index (χ2v) is 5.98. The van der Waals surface area contributed by atoms with Gasteiger partial charge >= 0.3 is 0 Å². The van der Waals surface area contributed by atoms with Crippen LogP contribution in [0.1, 0.15) is 32.1 Å². The summed E-state index contributed by atoms with van der Waals surface area (Å²) in [5, 5.41) is 12.6. The molecule has 1 amide bonds. The van der Waals surface area contributed by atoms with Crippen LogP contribution in [0.5, 0.6) is 0 Å². The van der Waals surface area contributed by atoms with Gasteiger partial charge in [0.1, 0.15) is 0 Å². The maximum atomic E-state index is 12.4. The van der Waals surface area contributed by atoms with Gasteiger partial charge in [-0.3, -0.25) is 4.79 Å². The van der Waals surface area contributed by atoms with Crippen LogP contribution >= 0.6 is 0 Å². The Hall–Kier alpha value is -0.610. The maximum absolute atomic E-state index is 12.4. The molecule has 2 unspecified atom stereocenters. The highest BCUT2D eigenvalue weighted by Gasteiger charge is 2.36. The molecule has 4 heteroatoms. The highest BCUT2D eigenvalue weighted by Crippen LogP contribution is 2.34. The summed E-state index contributed by atoms with van der Waals surface area (Å²) < 4.78 is 0. The van der Waals surface area contributed by atoms with Crippen molar-refractivity contribution >= 4 is 5.91 Å². The minimum atomic E-state index is -0.340. The van der Waals surface area contributed by atoms with Crippen molar-refractivity contribution in [1.29, 1.82) is 0 Å². The third-order valence-corrected chi connectivity index (χ3v) is 4.07. The summed E-state index contributed by atoms with van der Waals surface area (Å²) in [6.07, 6.45) is 5.40. The Labute approximate surface area is 102 Å². The molecule has 0 radical (unpaired) electrons. The first-order chi connectivity index (χ1) is 8.22. The molecule has 2 N–H and O–H groups in total. The first-order valence-corrected chi connectivity index (χ1v) is 6.92. The Morgan fingerprint density at radius 1 is 1.18 bits per heavy atom. The summed E-state index contributed by atoms with van der Waals surface area (Å²) in [4.78, 5) is 14.4. The van der Waals surface area contributed by atoms with Gasteiger partial charge in [-0.15, -0.1) is 0 Å². The van der Waals surface area contributed by atoms with E-state index in [0.29, 0.717) is 13.0 Å². The molecule has 0 aromatic heterocycles. The first-order valence-electron chi connectivity index (χ1n) is 6.92. The fourth-order valence-corrected chi connectivity index (χ4v) is 2.60. The van der Waals surface area contributed by atoms with Crippen LogP contribution in [0.15, 0.2) is 0 Å². The van der Waals surface area contributed by atoms with Gasteiger partial charge in [-0.25, -0.2) is 0 Å². The average molecular weight is 238 g/mol. The smallest absolute Gasteiger partial charge is 0.239 e. The summed E-state index contributed by atoms with van der Waals surface area (Å²) in [6.45, 7) is 2.46. The monoisotopic (exact) mass is 238 g/mol. The minimum Gasteiger partial charge on any atom is -0.392 e. The quantitative estimate of drug-likeness (QED) is 0.727. The van der Waals surface area contributed by atoms with Gasteiger partial charge < -0.3 is 15.3 Å². The number of rotatable bonds is 5. The molecule has 4 nitrogen and oxygen atoms in total. The molecule has 96 valence electrons. The summed E-state index contributed by atoms with van der Waals surface area (Å²) in [7, 11) is 0. The molecule has 0 aromatic carbocycles. The van der Waals surface area contributed by atoms with E-state index in [1.165, 1.54) is 25.7 Å². The van der Waals surface area contributed by atoms with Gasteiger partial charge in [0.2, 0.25) is 5.91 Å². The van der Waals surface area contributed by atoms with Crippen molar-refractivity contribution in [3.63, 3.8) is 0 Å². The van der Waals surface area contributed by atoms with E-state index >= 15 is 0 Å². The van der Waals surface area contributed by atoms with Gasteiger partial charge in [-0.1, -0.05) is 0 Å². The lowest BCUT2D eigenvalue weighted by atomic mass is 10.1. The molecule has 1 aliphatic heterocycles. The standard InChI is InChI=1S/C13H22N2O2/c16-11-5-12(14-6-11)13(17)15(7-9-1-2-9)8-10-3-4-10/h9-12,14,16H,1-8H2. The number of β-amino-alcohol motifs (C(OH)–C–C–N with tert-alkyl or cyclic N) is 1. The number of nitrogens with one attached hydrogen (secondary N) is 1. The second-order valence-electron chi connectivity index (χ2n) is 5.98. The molecule has 0 spiro atoms. The van der Waals surface area contributed by atoms with E-state index in [4.69, 9.17) is 0 Å². The lowest BCUT2D eigenvalue weighted by Gasteiger charge is -2.25. The molecule has 3 aliphatic rings. The molecule has 3 rings (SSSR count). The van der Waals surface area contributed by atoms with E-state index < -0.39 is 0 Å². The molecule has 17 heavy (non-hydrogen) atoms. The molecule has 2 aliphatic carbocycles. The zero-order valence-corrected chi connectivity index (χ0v) is 10.3. The van der Waals surface area contributed by atoms with Gasteiger partial charge in [0.15, 0.2) is 0 Å². The van der Waals surface area contributed by atoms with E-state index in [-0.39, 0.29) is 18.1 Å².